The van der Waals surface area contributed by atoms with Crippen molar-refractivity contribution in [1.82, 2.24) is 4.98 Å². The number of hydrogen-bond acceptors (Lipinski definition) is 3. The molecule has 0 fully saturated rings. The van der Waals surface area contributed by atoms with Gasteiger partial charge in [-0.3, -0.25) is 0 Å². The third kappa shape index (κ3) is 2.06. The van der Waals surface area contributed by atoms with E-state index in [1.54, 1.807) is 6.92 Å². The lowest BCUT2D eigenvalue weighted by molar-refractivity contribution is 0.505. The predicted molar refractivity (Wildman–Crippen MR) is 46.6 cm³/mol. The molecule has 0 N–H and O–H groups in total. The number of rotatable bonds is 2. The van der Waals surface area contributed by atoms with E-state index in [0.717, 1.165) is 12.3 Å². The maximum absolute atomic E-state index is 13.1. The highest BCUT2D eigenvalue weighted by atomic mass is 32.2. The van der Waals surface area contributed by atoms with Gasteiger partial charge in [0.25, 0.3) is 0 Å². The summed E-state index contributed by atoms with van der Waals surface area (Å²) in [4.78, 5) is 3.09. The van der Waals surface area contributed by atoms with Crippen molar-refractivity contribution in [2.45, 2.75) is 18.4 Å². The zero-order chi connectivity index (χ0) is 10.9. The van der Waals surface area contributed by atoms with Crippen molar-refractivity contribution in [2.24, 2.45) is 0 Å². The van der Waals surface area contributed by atoms with Crippen LogP contribution in [-0.2, 0) is 16.3 Å². The summed E-state index contributed by atoms with van der Waals surface area (Å²) < 4.78 is 48.0. The van der Waals surface area contributed by atoms with Crippen LogP contribution in [0.1, 0.15) is 12.5 Å². The first-order valence-corrected chi connectivity index (χ1v) is 5.80. The van der Waals surface area contributed by atoms with E-state index in [-0.39, 0.29) is 12.0 Å². The second kappa shape index (κ2) is 3.61. The van der Waals surface area contributed by atoms with Gasteiger partial charge in [0.15, 0.2) is 20.7 Å². The first-order chi connectivity index (χ1) is 6.36. The molecule has 1 rings (SSSR count). The summed E-state index contributed by atoms with van der Waals surface area (Å²) in [6.07, 6.45) is 1.04. The Morgan fingerprint density at radius 1 is 1.43 bits per heavy atom. The first-order valence-electron chi connectivity index (χ1n) is 3.91. The number of aromatic nitrogens is 1. The fourth-order valence-electron chi connectivity index (χ4n) is 0.997. The molecule has 0 saturated heterocycles. The van der Waals surface area contributed by atoms with Crippen molar-refractivity contribution in [3.8, 4) is 0 Å². The molecule has 0 aliphatic rings. The average molecular weight is 221 g/mol. The van der Waals surface area contributed by atoms with Crippen molar-refractivity contribution in [2.75, 3.05) is 6.26 Å². The summed E-state index contributed by atoms with van der Waals surface area (Å²) in [6, 6.07) is 0.860. The molecule has 6 heteroatoms. The molecule has 1 aromatic rings. The third-order valence-corrected chi connectivity index (χ3v) is 2.69. The van der Waals surface area contributed by atoms with E-state index in [4.69, 9.17) is 0 Å². The van der Waals surface area contributed by atoms with E-state index in [2.05, 4.69) is 4.98 Å². The van der Waals surface area contributed by atoms with E-state index in [1.165, 1.54) is 0 Å². The first kappa shape index (κ1) is 11.0. The van der Waals surface area contributed by atoms with E-state index >= 15 is 0 Å². The number of sulfone groups is 1. The minimum Gasteiger partial charge on any atom is -0.222 e. The van der Waals surface area contributed by atoms with Gasteiger partial charge in [0.2, 0.25) is 5.95 Å². The Balaban J connectivity index is 3.44. The molecule has 0 spiro atoms. The minimum absolute atomic E-state index is 0.0647. The van der Waals surface area contributed by atoms with Gasteiger partial charge in [-0.25, -0.2) is 17.8 Å². The molecule has 0 aromatic carbocycles. The molecule has 0 unspecified atom stereocenters. The van der Waals surface area contributed by atoms with Crippen LogP contribution < -0.4 is 0 Å². The molecule has 14 heavy (non-hydrogen) atoms. The highest BCUT2D eigenvalue weighted by Crippen LogP contribution is 2.15. The Kier molecular flexibility index (Phi) is 2.84. The van der Waals surface area contributed by atoms with Gasteiger partial charge < -0.3 is 0 Å². The second-order valence-corrected chi connectivity index (χ2v) is 4.78. The van der Waals surface area contributed by atoms with E-state index in [0.29, 0.717) is 0 Å². The van der Waals surface area contributed by atoms with Crippen LogP contribution in [0.4, 0.5) is 8.78 Å². The van der Waals surface area contributed by atoms with Gasteiger partial charge in [0, 0.05) is 11.8 Å². The van der Waals surface area contributed by atoms with Gasteiger partial charge in [-0.05, 0) is 12.5 Å². The van der Waals surface area contributed by atoms with Crippen molar-refractivity contribution in [3.63, 3.8) is 0 Å². The molecule has 0 amide bonds. The summed E-state index contributed by atoms with van der Waals surface area (Å²) in [5, 5.41) is -0.841. The molecule has 0 bridgehead atoms. The Morgan fingerprint density at radius 2 is 2.00 bits per heavy atom. The Morgan fingerprint density at radius 3 is 2.43 bits per heavy atom. The van der Waals surface area contributed by atoms with Crippen molar-refractivity contribution in [1.29, 1.82) is 0 Å². The highest BCUT2D eigenvalue weighted by molar-refractivity contribution is 7.90. The molecular formula is C8H9F2NO2S. The van der Waals surface area contributed by atoms with Crippen molar-refractivity contribution >= 4 is 9.84 Å². The van der Waals surface area contributed by atoms with E-state index in [1.807, 2.05) is 0 Å². The summed E-state index contributed by atoms with van der Waals surface area (Å²) >= 11 is 0. The minimum atomic E-state index is -3.81. The zero-order valence-corrected chi connectivity index (χ0v) is 8.53. The standard InChI is InChI=1S/C8H9F2NO2S/c1-3-5-4-6(9)8(11-7(5)10)14(2,12)13/h4H,3H2,1-2H3. The van der Waals surface area contributed by atoms with Gasteiger partial charge in [0.05, 0.1) is 0 Å². The van der Waals surface area contributed by atoms with Gasteiger partial charge in [0.1, 0.15) is 0 Å². The van der Waals surface area contributed by atoms with E-state index < -0.39 is 26.6 Å². The SMILES string of the molecule is CCc1cc(F)c(S(C)(=O)=O)nc1F. The number of nitrogens with zero attached hydrogens (tertiary/aromatic N) is 1. The topological polar surface area (TPSA) is 47.0 Å². The van der Waals surface area contributed by atoms with Crippen LogP contribution in [-0.4, -0.2) is 19.7 Å². The van der Waals surface area contributed by atoms with Gasteiger partial charge >= 0.3 is 0 Å². The monoisotopic (exact) mass is 221 g/mol. The average Bonchev–Trinajstić information content (AvgIpc) is 2.06. The Bertz CT molecular complexity index is 457. The summed E-state index contributed by atoms with van der Waals surface area (Å²) in [6.45, 7) is 1.62. The quantitative estimate of drug-likeness (QED) is 0.708. The Hall–Kier alpha value is -1.04. The van der Waals surface area contributed by atoms with Crippen LogP contribution in [0.15, 0.2) is 11.1 Å². The van der Waals surface area contributed by atoms with Crippen LogP contribution in [0.5, 0.6) is 0 Å². The van der Waals surface area contributed by atoms with Crippen molar-refractivity contribution < 1.29 is 17.2 Å². The number of hydrogen-bond donors (Lipinski definition) is 0. The van der Waals surface area contributed by atoms with Gasteiger partial charge in [-0.2, -0.15) is 4.39 Å². The lowest BCUT2D eigenvalue weighted by Crippen LogP contribution is -2.07. The largest absolute Gasteiger partial charge is 0.222 e. The number of pyridine rings is 1. The van der Waals surface area contributed by atoms with Gasteiger partial charge in [-0.1, -0.05) is 6.92 Å². The van der Waals surface area contributed by atoms with Crippen LogP contribution >= 0.6 is 0 Å². The predicted octanol–water partition coefficient (Wildman–Crippen LogP) is 1.33. The van der Waals surface area contributed by atoms with E-state index in [9.17, 15) is 17.2 Å². The summed E-state index contributed by atoms with van der Waals surface area (Å²) in [5.41, 5.74) is 0.0647. The smallest absolute Gasteiger partial charge is 0.217 e. The molecule has 1 heterocycles. The normalized spacial score (nSPS) is 11.7. The Labute approximate surface area is 80.7 Å². The second-order valence-electron chi connectivity index (χ2n) is 2.85. The van der Waals surface area contributed by atoms with Crippen LogP contribution in [0.2, 0.25) is 0 Å². The summed E-state index contributed by atoms with van der Waals surface area (Å²) in [7, 11) is -3.81. The highest BCUT2D eigenvalue weighted by Gasteiger charge is 2.18. The van der Waals surface area contributed by atoms with Crippen LogP contribution in [0.3, 0.4) is 0 Å². The zero-order valence-electron chi connectivity index (χ0n) is 7.71. The molecule has 0 saturated carbocycles. The maximum atomic E-state index is 13.1. The molecule has 1 aromatic heterocycles. The fourth-order valence-corrected chi connectivity index (χ4v) is 1.66. The molecule has 0 aliphatic carbocycles. The summed E-state index contributed by atoms with van der Waals surface area (Å²) in [5.74, 6) is -1.94. The van der Waals surface area contributed by atoms with Crippen LogP contribution in [0.25, 0.3) is 0 Å². The number of aryl methyl sites for hydroxylation is 1. The molecule has 0 radical (unpaired) electrons. The van der Waals surface area contributed by atoms with Crippen molar-refractivity contribution in [3.05, 3.63) is 23.4 Å². The van der Waals surface area contributed by atoms with Gasteiger partial charge in [-0.15, -0.1) is 0 Å². The molecule has 3 nitrogen and oxygen atoms in total. The lowest BCUT2D eigenvalue weighted by atomic mass is 10.2. The lowest BCUT2D eigenvalue weighted by Gasteiger charge is -2.03. The molecule has 0 atom stereocenters. The fraction of sp³-hybridized carbons (Fsp3) is 0.375. The molecular weight excluding hydrogens is 212 g/mol. The molecule has 0 aliphatic heterocycles. The van der Waals surface area contributed by atoms with Crippen LogP contribution in [0, 0.1) is 11.8 Å². The number of halogens is 2. The molecule has 78 valence electrons. The maximum Gasteiger partial charge on any atom is 0.217 e. The third-order valence-electron chi connectivity index (χ3n) is 1.70.